The minimum absolute atomic E-state index is 0.243. The summed E-state index contributed by atoms with van der Waals surface area (Å²) in [7, 11) is 0. The molecule has 0 bridgehead atoms. The van der Waals surface area contributed by atoms with Crippen molar-refractivity contribution in [1.29, 1.82) is 5.26 Å². The van der Waals surface area contributed by atoms with Gasteiger partial charge in [-0.15, -0.1) is 0 Å². The van der Waals surface area contributed by atoms with E-state index in [-0.39, 0.29) is 5.41 Å². The highest BCUT2D eigenvalue weighted by Gasteiger charge is 2.35. The van der Waals surface area contributed by atoms with E-state index in [1.807, 2.05) is 72.9 Å². The van der Waals surface area contributed by atoms with Gasteiger partial charge >= 0.3 is 0 Å². The maximum Gasteiger partial charge on any atom is 0.160 e. The summed E-state index contributed by atoms with van der Waals surface area (Å²) in [6.07, 6.45) is 1.83. The van der Waals surface area contributed by atoms with E-state index >= 15 is 0 Å². The molecule has 0 saturated heterocycles. The molecular weight excluding hydrogens is 573 g/mol. The molecule has 0 amide bonds. The second kappa shape index (κ2) is 11.3. The maximum absolute atomic E-state index is 9.59. The fraction of sp³-hybridized carbons (Fsp3) is 0.0698. The molecule has 0 radical (unpaired) electrons. The largest absolute Gasteiger partial charge is 0.256 e. The highest BCUT2D eigenvalue weighted by molar-refractivity contribution is 5.86. The minimum atomic E-state index is -0.243. The topological polar surface area (TPSA) is 62.5 Å². The van der Waals surface area contributed by atoms with E-state index in [1.165, 1.54) is 22.3 Å². The van der Waals surface area contributed by atoms with Crippen molar-refractivity contribution < 1.29 is 0 Å². The molecule has 4 nitrogen and oxygen atoms in total. The number of rotatable bonds is 5. The zero-order valence-corrected chi connectivity index (χ0v) is 26.1. The molecule has 0 aliphatic heterocycles. The predicted molar refractivity (Wildman–Crippen MR) is 189 cm³/mol. The summed E-state index contributed by atoms with van der Waals surface area (Å²) >= 11 is 0. The Morgan fingerprint density at radius 3 is 1.72 bits per heavy atom. The Labute approximate surface area is 274 Å². The van der Waals surface area contributed by atoms with Crippen LogP contribution >= 0.6 is 0 Å². The van der Waals surface area contributed by atoms with Gasteiger partial charge in [0.1, 0.15) is 0 Å². The van der Waals surface area contributed by atoms with Crippen molar-refractivity contribution >= 4 is 0 Å². The lowest BCUT2D eigenvalue weighted by Gasteiger charge is -2.22. The molecule has 222 valence electrons. The number of benzene rings is 5. The molecule has 0 unspecified atom stereocenters. The minimum Gasteiger partial charge on any atom is -0.256 e. The summed E-state index contributed by atoms with van der Waals surface area (Å²) in [5.74, 6) is 0.655. The van der Waals surface area contributed by atoms with Crippen LogP contribution in [0.4, 0.5) is 0 Å². The molecule has 2 heterocycles. The van der Waals surface area contributed by atoms with Crippen LogP contribution in [0.3, 0.4) is 0 Å². The van der Waals surface area contributed by atoms with Gasteiger partial charge in [0.2, 0.25) is 0 Å². The molecule has 5 aromatic carbocycles. The van der Waals surface area contributed by atoms with Crippen LogP contribution < -0.4 is 0 Å². The Kier molecular flexibility index (Phi) is 6.82. The van der Waals surface area contributed by atoms with Crippen molar-refractivity contribution in [2.24, 2.45) is 0 Å². The van der Waals surface area contributed by atoms with Gasteiger partial charge in [-0.25, -0.2) is 9.97 Å². The second-order valence-corrected chi connectivity index (χ2v) is 12.5. The lowest BCUT2D eigenvalue weighted by atomic mass is 9.81. The third kappa shape index (κ3) is 5.09. The fourth-order valence-electron chi connectivity index (χ4n) is 6.68. The number of pyridine rings is 1. The molecule has 0 spiro atoms. The Balaban J connectivity index is 1.32. The molecule has 4 heteroatoms. The summed E-state index contributed by atoms with van der Waals surface area (Å²) < 4.78 is 0. The zero-order valence-electron chi connectivity index (χ0n) is 26.1. The van der Waals surface area contributed by atoms with Gasteiger partial charge in [-0.05, 0) is 88.0 Å². The van der Waals surface area contributed by atoms with E-state index < -0.39 is 0 Å². The molecule has 0 saturated carbocycles. The van der Waals surface area contributed by atoms with Gasteiger partial charge in [-0.3, -0.25) is 4.98 Å². The van der Waals surface area contributed by atoms with Crippen molar-refractivity contribution in [2.45, 2.75) is 19.3 Å². The van der Waals surface area contributed by atoms with Crippen molar-refractivity contribution in [3.05, 3.63) is 162 Å². The van der Waals surface area contributed by atoms with Crippen molar-refractivity contribution in [2.75, 3.05) is 0 Å². The van der Waals surface area contributed by atoms with E-state index in [0.717, 1.165) is 50.5 Å². The van der Waals surface area contributed by atoms with Gasteiger partial charge in [0.25, 0.3) is 0 Å². The molecule has 0 N–H and O–H groups in total. The summed E-state index contributed by atoms with van der Waals surface area (Å²) in [5.41, 5.74) is 14.1. The number of fused-ring (bicyclic) bond motifs is 3. The summed E-state index contributed by atoms with van der Waals surface area (Å²) in [6.45, 7) is 4.48. The number of hydrogen-bond donors (Lipinski definition) is 0. The number of hydrogen-bond acceptors (Lipinski definition) is 4. The molecule has 0 atom stereocenters. The van der Waals surface area contributed by atoms with Crippen molar-refractivity contribution in [3.63, 3.8) is 0 Å². The summed E-state index contributed by atoms with van der Waals surface area (Å²) in [4.78, 5) is 15.0. The second-order valence-electron chi connectivity index (χ2n) is 12.5. The first kappa shape index (κ1) is 28.3. The first-order chi connectivity index (χ1) is 23.0. The third-order valence-electron chi connectivity index (χ3n) is 9.16. The van der Waals surface area contributed by atoms with Crippen LogP contribution in [0, 0.1) is 11.3 Å². The molecule has 7 aromatic rings. The molecule has 1 aliphatic carbocycles. The Morgan fingerprint density at radius 2 is 1.09 bits per heavy atom. The van der Waals surface area contributed by atoms with Crippen molar-refractivity contribution in [1.82, 2.24) is 15.0 Å². The average Bonchev–Trinajstić information content (AvgIpc) is 3.37. The van der Waals surface area contributed by atoms with Gasteiger partial charge in [0.05, 0.1) is 28.7 Å². The summed E-state index contributed by atoms with van der Waals surface area (Å²) in [5, 5.41) is 9.59. The first-order valence-corrected chi connectivity index (χ1v) is 15.7. The number of aromatic nitrogens is 3. The first-order valence-electron chi connectivity index (χ1n) is 15.7. The smallest absolute Gasteiger partial charge is 0.160 e. The van der Waals surface area contributed by atoms with E-state index in [0.29, 0.717) is 11.4 Å². The van der Waals surface area contributed by atoms with Gasteiger partial charge in [-0.2, -0.15) is 5.26 Å². The average molecular weight is 603 g/mol. The maximum atomic E-state index is 9.59. The van der Waals surface area contributed by atoms with Gasteiger partial charge in [0, 0.05) is 33.9 Å². The molecule has 8 rings (SSSR count). The van der Waals surface area contributed by atoms with E-state index in [2.05, 4.69) is 92.7 Å². The fourth-order valence-corrected chi connectivity index (χ4v) is 6.68. The quantitative estimate of drug-likeness (QED) is 0.197. The zero-order chi connectivity index (χ0) is 32.0. The van der Waals surface area contributed by atoms with Crippen LogP contribution in [-0.2, 0) is 5.41 Å². The SMILES string of the molecule is CC1(C)c2cc(C#N)ccc2-c2ccc(-c3cc(-c4ccccn4)cc(-c4nc(-c5ccccc5)cc(-c5ccccc5)n4)c3)cc21. The molecule has 2 aromatic heterocycles. The third-order valence-corrected chi connectivity index (χ3v) is 9.16. The summed E-state index contributed by atoms with van der Waals surface area (Å²) in [6, 6.07) is 50.2. The van der Waals surface area contributed by atoms with Crippen LogP contribution in [0.25, 0.3) is 67.4 Å². The van der Waals surface area contributed by atoms with Crippen LogP contribution in [-0.4, -0.2) is 15.0 Å². The lowest BCUT2D eigenvalue weighted by Crippen LogP contribution is -2.15. The normalized spacial score (nSPS) is 12.6. The van der Waals surface area contributed by atoms with E-state index in [9.17, 15) is 5.26 Å². The van der Waals surface area contributed by atoms with Crippen LogP contribution in [0.15, 0.2) is 146 Å². The lowest BCUT2D eigenvalue weighted by molar-refractivity contribution is 0.660. The Bertz CT molecular complexity index is 2260. The van der Waals surface area contributed by atoms with E-state index in [4.69, 9.17) is 15.0 Å². The Morgan fingerprint density at radius 1 is 0.489 bits per heavy atom. The van der Waals surface area contributed by atoms with Crippen LogP contribution in [0.1, 0.15) is 30.5 Å². The van der Waals surface area contributed by atoms with Crippen molar-refractivity contribution in [3.8, 4) is 73.5 Å². The Hall–Kier alpha value is -6.18. The number of nitrogens with zero attached hydrogens (tertiary/aromatic N) is 4. The molecule has 47 heavy (non-hydrogen) atoms. The number of nitriles is 1. The van der Waals surface area contributed by atoms with Gasteiger partial charge < -0.3 is 0 Å². The van der Waals surface area contributed by atoms with Crippen LogP contribution in [0.2, 0.25) is 0 Å². The molecule has 0 fully saturated rings. The van der Waals surface area contributed by atoms with Gasteiger partial charge in [-0.1, -0.05) is 98.8 Å². The highest BCUT2D eigenvalue weighted by Crippen LogP contribution is 2.50. The standard InChI is InChI=1S/C43H30N4/c1-43(2)37-21-28(27-44)16-18-35(37)36-19-17-31(25-38(36)43)32-22-33(39-15-9-10-20-45-39)24-34(23-32)42-46-40(29-11-5-3-6-12-29)26-41(47-42)30-13-7-4-8-14-30/h3-26H,1-2H3. The van der Waals surface area contributed by atoms with Gasteiger partial charge in [0.15, 0.2) is 5.82 Å². The molecule has 1 aliphatic rings. The van der Waals surface area contributed by atoms with Crippen LogP contribution in [0.5, 0.6) is 0 Å². The predicted octanol–water partition coefficient (Wildman–Crippen LogP) is 10.4. The monoisotopic (exact) mass is 602 g/mol. The molecular formula is C43H30N4. The highest BCUT2D eigenvalue weighted by atomic mass is 14.9. The van der Waals surface area contributed by atoms with E-state index in [1.54, 1.807) is 0 Å².